The van der Waals surface area contributed by atoms with Crippen molar-refractivity contribution in [3.05, 3.63) is 47.2 Å². The van der Waals surface area contributed by atoms with E-state index in [-0.39, 0.29) is 5.91 Å². The van der Waals surface area contributed by atoms with Crippen LogP contribution in [0, 0.1) is 0 Å². The SMILES string of the molecule is O=C(Cc1ccc(Cl)cc1)N1CCN(c2cc(N3CCCC3)ncn2)CC1. The van der Waals surface area contributed by atoms with E-state index in [2.05, 4.69) is 25.8 Å². The number of rotatable bonds is 4. The summed E-state index contributed by atoms with van der Waals surface area (Å²) in [5.74, 6) is 2.13. The number of halogens is 1. The molecular weight excluding hydrogens is 362 g/mol. The van der Waals surface area contributed by atoms with Gasteiger partial charge in [-0.05, 0) is 30.5 Å². The Kier molecular flexibility index (Phi) is 5.43. The van der Waals surface area contributed by atoms with Crippen molar-refractivity contribution >= 4 is 29.1 Å². The molecule has 2 aromatic rings. The minimum absolute atomic E-state index is 0.164. The van der Waals surface area contributed by atoms with E-state index < -0.39 is 0 Å². The Hall–Kier alpha value is -2.34. The Morgan fingerprint density at radius 2 is 1.48 bits per heavy atom. The van der Waals surface area contributed by atoms with Crippen LogP contribution in [0.2, 0.25) is 5.02 Å². The van der Waals surface area contributed by atoms with Crippen LogP contribution >= 0.6 is 11.6 Å². The van der Waals surface area contributed by atoms with E-state index in [0.717, 1.165) is 56.5 Å². The molecule has 1 aromatic heterocycles. The molecule has 0 atom stereocenters. The minimum atomic E-state index is 0.164. The number of carbonyl (C=O) groups excluding carboxylic acids is 1. The molecular formula is C20H24ClN5O. The molecule has 0 bridgehead atoms. The van der Waals surface area contributed by atoms with Gasteiger partial charge in [0.25, 0.3) is 0 Å². The van der Waals surface area contributed by atoms with Gasteiger partial charge < -0.3 is 14.7 Å². The largest absolute Gasteiger partial charge is 0.356 e. The van der Waals surface area contributed by atoms with Gasteiger partial charge in [0, 0.05) is 50.4 Å². The van der Waals surface area contributed by atoms with Crippen molar-refractivity contribution in [2.75, 3.05) is 49.1 Å². The molecule has 7 heteroatoms. The molecule has 0 N–H and O–H groups in total. The summed E-state index contributed by atoms with van der Waals surface area (Å²) in [5, 5.41) is 0.693. The molecule has 0 unspecified atom stereocenters. The molecule has 2 saturated heterocycles. The molecule has 2 fully saturated rings. The van der Waals surface area contributed by atoms with E-state index in [9.17, 15) is 4.79 Å². The molecule has 1 amide bonds. The number of carbonyl (C=O) groups is 1. The monoisotopic (exact) mass is 385 g/mol. The summed E-state index contributed by atoms with van der Waals surface area (Å²) < 4.78 is 0. The van der Waals surface area contributed by atoms with Gasteiger partial charge in [-0.1, -0.05) is 23.7 Å². The van der Waals surface area contributed by atoms with Crippen LogP contribution in [0.25, 0.3) is 0 Å². The second kappa shape index (κ2) is 8.13. The first-order valence-electron chi connectivity index (χ1n) is 9.53. The molecule has 6 nitrogen and oxygen atoms in total. The lowest BCUT2D eigenvalue weighted by Crippen LogP contribution is -2.49. The van der Waals surface area contributed by atoms with Crippen molar-refractivity contribution < 1.29 is 4.79 Å². The Labute approximate surface area is 164 Å². The number of aromatic nitrogens is 2. The number of amides is 1. The van der Waals surface area contributed by atoms with Crippen molar-refractivity contribution in [2.24, 2.45) is 0 Å². The van der Waals surface area contributed by atoms with Crippen LogP contribution in [0.1, 0.15) is 18.4 Å². The maximum Gasteiger partial charge on any atom is 0.227 e. The molecule has 0 saturated carbocycles. The number of benzene rings is 1. The number of anilines is 2. The second-order valence-corrected chi connectivity index (χ2v) is 7.54. The molecule has 3 heterocycles. The summed E-state index contributed by atoms with van der Waals surface area (Å²) >= 11 is 5.91. The van der Waals surface area contributed by atoms with E-state index in [0.29, 0.717) is 11.4 Å². The van der Waals surface area contributed by atoms with Crippen molar-refractivity contribution in [1.29, 1.82) is 0 Å². The smallest absolute Gasteiger partial charge is 0.227 e. The third-order valence-corrected chi connectivity index (χ3v) is 5.55. The molecule has 2 aliphatic rings. The highest BCUT2D eigenvalue weighted by Gasteiger charge is 2.23. The van der Waals surface area contributed by atoms with Gasteiger partial charge in [-0.15, -0.1) is 0 Å². The molecule has 0 radical (unpaired) electrons. The van der Waals surface area contributed by atoms with Gasteiger partial charge in [0.1, 0.15) is 18.0 Å². The number of hydrogen-bond acceptors (Lipinski definition) is 5. The average molecular weight is 386 g/mol. The van der Waals surface area contributed by atoms with E-state index >= 15 is 0 Å². The maximum absolute atomic E-state index is 12.6. The zero-order chi connectivity index (χ0) is 18.6. The topological polar surface area (TPSA) is 52.6 Å². The molecule has 142 valence electrons. The summed E-state index contributed by atoms with van der Waals surface area (Å²) in [5.41, 5.74) is 0.998. The zero-order valence-corrected chi connectivity index (χ0v) is 16.1. The van der Waals surface area contributed by atoms with E-state index in [1.807, 2.05) is 29.2 Å². The van der Waals surface area contributed by atoms with Crippen LogP contribution in [0.15, 0.2) is 36.7 Å². The highest BCUT2D eigenvalue weighted by atomic mass is 35.5. The summed E-state index contributed by atoms with van der Waals surface area (Å²) in [7, 11) is 0. The van der Waals surface area contributed by atoms with E-state index in [1.165, 1.54) is 12.8 Å². The van der Waals surface area contributed by atoms with E-state index in [1.54, 1.807) is 6.33 Å². The van der Waals surface area contributed by atoms with Crippen LogP contribution in [0.3, 0.4) is 0 Å². The first-order chi connectivity index (χ1) is 13.2. The predicted octanol–water partition coefficient (Wildman–Crippen LogP) is 2.62. The van der Waals surface area contributed by atoms with Crippen molar-refractivity contribution in [3.63, 3.8) is 0 Å². The molecule has 1 aromatic carbocycles. The van der Waals surface area contributed by atoms with Gasteiger partial charge in [0.05, 0.1) is 6.42 Å². The first kappa shape index (κ1) is 18.0. The van der Waals surface area contributed by atoms with Gasteiger partial charge >= 0.3 is 0 Å². The summed E-state index contributed by atoms with van der Waals surface area (Å²) in [6.45, 7) is 5.17. The molecule has 2 aliphatic heterocycles. The second-order valence-electron chi connectivity index (χ2n) is 7.10. The molecule has 0 aliphatic carbocycles. The van der Waals surface area contributed by atoms with Gasteiger partial charge in [-0.25, -0.2) is 9.97 Å². The predicted molar refractivity (Wildman–Crippen MR) is 107 cm³/mol. The van der Waals surface area contributed by atoms with Gasteiger partial charge in [0.15, 0.2) is 0 Å². The Morgan fingerprint density at radius 1 is 0.889 bits per heavy atom. The van der Waals surface area contributed by atoms with Gasteiger partial charge in [0.2, 0.25) is 5.91 Å². The number of nitrogens with zero attached hydrogens (tertiary/aromatic N) is 5. The standard InChI is InChI=1S/C20H24ClN5O/c21-17-5-3-16(4-6-17)13-20(27)26-11-9-25(10-12-26)19-14-18(22-15-23-19)24-7-1-2-8-24/h3-6,14-15H,1-2,7-13H2. The van der Waals surface area contributed by atoms with Gasteiger partial charge in [-0.2, -0.15) is 0 Å². The lowest BCUT2D eigenvalue weighted by molar-refractivity contribution is -0.130. The van der Waals surface area contributed by atoms with Crippen LogP contribution in [-0.2, 0) is 11.2 Å². The number of piperazine rings is 1. The fourth-order valence-electron chi connectivity index (χ4n) is 3.70. The first-order valence-corrected chi connectivity index (χ1v) is 9.91. The Balaban J connectivity index is 1.34. The number of hydrogen-bond donors (Lipinski definition) is 0. The Morgan fingerprint density at radius 3 is 2.11 bits per heavy atom. The highest BCUT2D eigenvalue weighted by molar-refractivity contribution is 6.30. The van der Waals surface area contributed by atoms with Crippen molar-refractivity contribution in [2.45, 2.75) is 19.3 Å². The third kappa shape index (κ3) is 4.33. The van der Waals surface area contributed by atoms with E-state index in [4.69, 9.17) is 11.6 Å². The lowest BCUT2D eigenvalue weighted by atomic mass is 10.1. The fraction of sp³-hybridized carbons (Fsp3) is 0.450. The van der Waals surface area contributed by atoms with Crippen LogP contribution in [-0.4, -0.2) is 60.0 Å². The summed E-state index contributed by atoms with van der Waals surface area (Å²) in [6.07, 6.45) is 4.53. The summed E-state index contributed by atoms with van der Waals surface area (Å²) in [4.78, 5) is 27.9. The molecule has 27 heavy (non-hydrogen) atoms. The lowest BCUT2D eigenvalue weighted by Gasteiger charge is -2.35. The highest BCUT2D eigenvalue weighted by Crippen LogP contribution is 2.22. The van der Waals surface area contributed by atoms with Crippen molar-refractivity contribution in [1.82, 2.24) is 14.9 Å². The molecule has 4 rings (SSSR count). The zero-order valence-electron chi connectivity index (χ0n) is 15.4. The van der Waals surface area contributed by atoms with Gasteiger partial charge in [-0.3, -0.25) is 4.79 Å². The maximum atomic E-state index is 12.6. The van der Waals surface area contributed by atoms with Crippen LogP contribution < -0.4 is 9.80 Å². The van der Waals surface area contributed by atoms with Crippen LogP contribution in [0.5, 0.6) is 0 Å². The summed E-state index contributed by atoms with van der Waals surface area (Å²) in [6, 6.07) is 9.56. The quantitative estimate of drug-likeness (QED) is 0.809. The normalized spacial score (nSPS) is 17.4. The average Bonchev–Trinajstić information content (AvgIpc) is 3.25. The Bertz CT molecular complexity index is 783. The van der Waals surface area contributed by atoms with Crippen LogP contribution in [0.4, 0.5) is 11.6 Å². The minimum Gasteiger partial charge on any atom is -0.356 e. The third-order valence-electron chi connectivity index (χ3n) is 5.29. The van der Waals surface area contributed by atoms with Crippen molar-refractivity contribution in [3.8, 4) is 0 Å². The fourth-order valence-corrected chi connectivity index (χ4v) is 3.83. The molecule has 0 spiro atoms.